The molecule has 0 aliphatic carbocycles. The van der Waals surface area contributed by atoms with Crippen LogP contribution in [0.5, 0.6) is 5.75 Å². The molecule has 0 saturated carbocycles. The molecule has 19 heavy (non-hydrogen) atoms. The lowest BCUT2D eigenvalue weighted by molar-refractivity contribution is 0.101. The zero-order valence-corrected chi connectivity index (χ0v) is 11.4. The first kappa shape index (κ1) is 13.3. The molecule has 0 aliphatic rings. The van der Waals surface area contributed by atoms with E-state index in [0.29, 0.717) is 12.2 Å². The first-order chi connectivity index (χ1) is 9.08. The molecule has 0 N–H and O–H groups in total. The molecule has 0 fully saturated rings. The van der Waals surface area contributed by atoms with Crippen LogP contribution in [0.1, 0.15) is 34.1 Å². The van der Waals surface area contributed by atoms with Crippen LogP contribution in [-0.4, -0.2) is 10.8 Å². The second-order valence-electron chi connectivity index (χ2n) is 4.59. The molecular formula is C16H17NO2. The van der Waals surface area contributed by atoms with Crippen molar-refractivity contribution in [3.05, 3.63) is 58.9 Å². The molecule has 0 spiro atoms. The molecule has 3 heteroatoms. The lowest BCUT2D eigenvalue weighted by atomic mass is 10.1. The summed E-state index contributed by atoms with van der Waals surface area (Å²) < 4.78 is 5.76. The lowest BCUT2D eigenvalue weighted by Gasteiger charge is -2.10. The Labute approximate surface area is 113 Å². The monoisotopic (exact) mass is 255 g/mol. The molecule has 2 aromatic rings. The van der Waals surface area contributed by atoms with Gasteiger partial charge in [0.1, 0.15) is 12.4 Å². The van der Waals surface area contributed by atoms with E-state index in [1.54, 1.807) is 19.2 Å². The van der Waals surface area contributed by atoms with E-state index in [1.807, 2.05) is 38.1 Å². The number of aryl methyl sites for hydroxylation is 2. The fraction of sp³-hybridized carbons (Fsp3) is 0.250. The molecule has 1 aromatic heterocycles. The Bertz CT molecular complexity index is 605. The molecule has 0 radical (unpaired) electrons. The topological polar surface area (TPSA) is 39.2 Å². The fourth-order valence-electron chi connectivity index (χ4n) is 1.85. The summed E-state index contributed by atoms with van der Waals surface area (Å²) in [6, 6.07) is 9.40. The largest absolute Gasteiger partial charge is 0.487 e. The summed E-state index contributed by atoms with van der Waals surface area (Å²) in [4.78, 5) is 15.6. The number of carbonyl (C=O) groups excluding carboxylic acids is 1. The van der Waals surface area contributed by atoms with Gasteiger partial charge in [-0.05, 0) is 56.2 Å². The van der Waals surface area contributed by atoms with Crippen LogP contribution in [0.3, 0.4) is 0 Å². The van der Waals surface area contributed by atoms with E-state index >= 15 is 0 Å². The van der Waals surface area contributed by atoms with Crippen molar-refractivity contribution < 1.29 is 9.53 Å². The highest BCUT2D eigenvalue weighted by Crippen LogP contribution is 2.20. The fourth-order valence-corrected chi connectivity index (χ4v) is 1.85. The summed E-state index contributed by atoms with van der Waals surface area (Å²) in [6.07, 6.45) is 1.76. The van der Waals surface area contributed by atoms with Gasteiger partial charge in [0, 0.05) is 11.8 Å². The number of Topliss-reactive ketones (excluding diaryl/α,β-unsaturated/α-hetero) is 1. The van der Waals surface area contributed by atoms with E-state index in [9.17, 15) is 4.79 Å². The van der Waals surface area contributed by atoms with Crippen LogP contribution in [0.2, 0.25) is 0 Å². The van der Waals surface area contributed by atoms with Crippen LogP contribution >= 0.6 is 0 Å². The van der Waals surface area contributed by atoms with Gasteiger partial charge in [-0.25, -0.2) is 0 Å². The number of ketones is 1. The van der Waals surface area contributed by atoms with E-state index < -0.39 is 0 Å². The molecular weight excluding hydrogens is 238 g/mol. The summed E-state index contributed by atoms with van der Waals surface area (Å²) in [5.74, 6) is 0.852. The average molecular weight is 255 g/mol. The number of rotatable bonds is 4. The standard InChI is InChI=1S/C16H17NO2/c1-11-5-4-8-17-15(11)10-19-16-7-6-14(13(3)18)9-12(16)2/h4-9H,10H2,1-3H3. The predicted molar refractivity (Wildman–Crippen MR) is 74.5 cm³/mol. The van der Waals surface area contributed by atoms with Crippen molar-refractivity contribution in [1.82, 2.24) is 4.98 Å². The Hall–Kier alpha value is -2.16. The zero-order chi connectivity index (χ0) is 13.8. The number of benzene rings is 1. The summed E-state index contributed by atoms with van der Waals surface area (Å²) in [7, 11) is 0. The molecule has 3 nitrogen and oxygen atoms in total. The van der Waals surface area contributed by atoms with Gasteiger partial charge in [0.2, 0.25) is 0 Å². The first-order valence-electron chi connectivity index (χ1n) is 6.23. The quantitative estimate of drug-likeness (QED) is 0.785. The number of hydrogen-bond acceptors (Lipinski definition) is 3. The van der Waals surface area contributed by atoms with Crippen LogP contribution in [0.15, 0.2) is 36.5 Å². The maximum absolute atomic E-state index is 11.3. The molecule has 98 valence electrons. The second kappa shape index (κ2) is 5.65. The third kappa shape index (κ3) is 3.19. The molecule has 2 rings (SSSR count). The Morgan fingerprint density at radius 3 is 2.63 bits per heavy atom. The number of carbonyl (C=O) groups is 1. The zero-order valence-electron chi connectivity index (χ0n) is 11.4. The first-order valence-corrected chi connectivity index (χ1v) is 6.23. The highest BCUT2D eigenvalue weighted by molar-refractivity contribution is 5.94. The maximum Gasteiger partial charge on any atom is 0.159 e. The van der Waals surface area contributed by atoms with Crippen molar-refractivity contribution in [2.75, 3.05) is 0 Å². The Kier molecular flexibility index (Phi) is 3.95. The van der Waals surface area contributed by atoms with Crippen molar-refractivity contribution in [2.45, 2.75) is 27.4 Å². The van der Waals surface area contributed by atoms with Gasteiger partial charge in [-0.2, -0.15) is 0 Å². The third-order valence-electron chi connectivity index (χ3n) is 3.06. The minimum Gasteiger partial charge on any atom is -0.487 e. The summed E-state index contributed by atoms with van der Waals surface area (Å²) >= 11 is 0. The van der Waals surface area contributed by atoms with E-state index in [0.717, 1.165) is 22.6 Å². The maximum atomic E-state index is 11.3. The van der Waals surface area contributed by atoms with E-state index in [2.05, 4.69) is 4.98 Å². The number of nitrogens with zero attached hydrogens (tertiary/aromatic N) is 1. The van der Waals surface area contributed by atoms with E-state index in [-0.39, 0.29) is 5.78 Å². The molecule has 0 aliphatic heterocycles. The van der Waals surface area contributed by atoms with Gasteiger partial charge < -0.3 is 4.74 Å². The van der Waals surface area contributed by atoms with E-state index in [1.165, 1.54) is 0 Å². The number of pyridine rings is 1. The normalized spacial score (nSPS) is 10.3. The van der Waals surface area contributed by atoms with Crippen LogP contribution < -0.4 is 4.74 Å². The molecule has 0 unspecified atom stereocenters. The SMILES string of the molecule is CC(=O)c1ccc(OCc2ncccc2C)c(C)c1. The van der Waals surface area contributed by atoms with Gasteiger partial charge >= 0.3 is 0 Å². The van der Waals surface area contributed by atoms with Gasteiger partial charge in [-0.15, -0.1) is 0 Å². The molecule has 1 heterocycles. The summed E-state index contributed by atoms with van der Waals surface area (Å²) in [5, 5.41) is 0. The van der Waals surface area contributed by atoms with E-state index in [4.69, 9.17) is 4.74 Å². The van der Waals surface area contributed by atoms with Gasteiger partial charge in [0.15, 0.2) is 5.78 Å². The van der Waals surface area contributed by atoms with Gasteiger partial charge in [0.25, 0.3) is 0 Å². The van der Waals surface area contributed by atoms with Gasteiger partial charge in [0.05, 0.1) is 5.69 Å². The van der Waals surface area contributed by atoms with Crippen molar-refractivity contribution in [2.24, 2.45) is 0 Å². The highest BCUT2D eigenvalue weighted by atomic mass is 16.5. The van der Waals surface area contributed by atoms with Crippen molar-refractivity contribution in [1.29, 1.82) is 0 Å². The summed E-state index contributed by atoms with van der Waals surface area (Å²) in [6.45, 7) is 5.95. The van der Waals surface area contributed by atoms with Crippen molar-refractivity contribution in [3.63, 3.8) is 0 Å². The smallest absolute Gasteiger partial charge is 0.159 e. The predicted octanol–water partition coefficient (Wildman–Crippen LogP) is 3.48. The van der Waals surface area contributed by atoms with Crippen LogP contribution in [0.4, 0.5) is 0 Å². The summed E-state index contributed by atoms with van der Waals surface area (Å²) in [5.41, 5.74) is 3.71. The Morgan fingerprint density at radius 1 is 1.21 bits per heavy atom. The lowest BCUT2D eigenvalue weighted by Crippen LogP contribution is -2.02. The van der Waals surface area contributed by atoms with Crippen LogP contribution in [0, 0.1) is 13.8 Å². The molecule has 0 bridgehead atoms. The molecule has 0 atom stereocenters. The highest BCUT2D eigenvalue weighted by Gasteiger charge is 2.06. The third-order valence-corrected chi connectivity index (χ3v) is 3.06. The van der Waals surface area contributed by atoms with Crippen LogP contribution in [-0.2, 0) is 6.61 Å². The van der Waals surface area contributed by atoms with Gasteiger partial charge in [-0.3, -0.25) is 9.78 Å². The Balaban J connectivity index is 2.12. The Morgan fingerprint density at radius 2 is 2.00 bits per heavy atom. The number of hydrogen-bond donors (Lipinski definition) is 0. The van der Waals surface area contributed by atoms with Crippen LogP contribution in [0.25, 0.3) is 0 Å². The molecule has 0 saturated heterocycles. The molecule has 0 amide bonds. The van der Waals surface area contributed by atoms with Crippen molar-refractivity contribution >= 4 is 5.78 Å². The van der Waals surface area contributed by atoms with Crippen molar-refractivity contribution in [3.8, 4) is 5.75 Å². The minimum absolute atomic E-state index is 0.0650. The van der Waals surface area contributed by atoms with Gasteiger partial charge in [-0.1, -0.05) is 6.07 Å². The number of aromatic nitrogens is 1. The average Bonchev–Trinajstić information content (AvgIpc) is 2.39. The molecule has 1 aromatic carbocycles. The number of ether oxygens (including phenoxy) is 1. The minimum atomic E-state index is 0.0650. The second-order valence-corrected chi connectivity index (χ2v) is 4.59.